The van der Waals surface area contributed by atoms with Crippen molar-refractivity contribution in [3.05, 3.63) is 71.4 Å². The number of hydrogen-bond acceptors (Lipinski definition) is 5. The van der Waals surface area contributed by atoms with Crippen LogP contribution in [0.2, 0.25) is 0 Å². The molecule has 1 N–H and O–H groups in total. The normalized spacial score (nSPS) is 12.6. The Morgan fingerprint density at radius 1 is 1.12 bits per heavy atom. The Kier molecular flexibility index (Phi) is 7.23. The van der Waals surface area contributed by atoms with E-state index in [0.717, 1.165) is 39.9 Å². The highest BCUT2D eigenvalue weighted by Gasteiger charge is 2.31. The van der Waals surface area contributed by atoms with Crippen molar-refractivity contribution in [2.75, 3.05) is 5.32 Å². The fourth-order valence-corrected chi connectivity index (χ4v) is 5.54. The minimum absolute atomic E-state index is 0.110. The minimum atomic E-state index is -4.48. The van der Waals surface area contributed by atoms with E-state index < -0.39 is 17.0 Å². The zero-order valence-electron chi connectivity index (χ0n) is 18.5. The number of thioether (sulfide) groups is 1. The lowest BCUT2D eigenvalue weighted by Gasteiger charge is -2.16. The number of nitrogens with one attached hydrogen (secondary N) is 1. The standard InChI is InChI=1S/C25H22F3N3OS2/c1-3-15-8-10-16(11-9-15)19-13-33-23-21(19)24(30-14-29-23)34-20(4-2)22(32)31-18-7-5-6-17(12-18)25(26,27)28/h5-14,20H,3-4H2,1-2H3,(H,31,32). The number of anilines is 1. The van der Waals surface area contributed by atoms with Crippen LogP contribution in [0.3, 0.4) is 0 Å². The van der Waals surface area contributed by atoms with Crippen LogP contribution in [0.25, 0.3) is 21.3 Å². The molecule has 4 nitrogen and oxygen atoms in total. The van der Waals surface area contributed by atoms with Crippen molar-refractivity contribution in [3.8, 4) is 11.1 Å². The summed E-state index contributed by atoms with van der Waals surface area (Å²) >= 11 is 2.81. The number of hydrogen-bond donors (Lipinski definition) is 1. The highest BCUT2D eigenvalue weighted by molar-refractivity contribution is 8.00. The van der Waals surface area contributed by atoms with Gasteiger partial charge in [-0.25, -0.2) is 9.97 Å². The molecule has 4 aromatic rings. The van der Waals surface area contributed by atoms with E-state index in [4.69, 9.17) is 0 Å². The molecular weight excluding hydrogens is 479 g/mol. The van der Waals surface area contributed by atoms with E-state index in [1.54, 1.807) is 0 Å². The molecule has 2 aromatic carbocycles. The number of carbonyl (C=O) groups excluding carboxylic acids is 1. The van der Waals surface area contributed by atoms with Crippen molar-refractivity contribution in [1.29, 1.82) is 0 Å². The molecule has 0 bridgehead atoms. The number of alkyl halides is 3. The van der Waals surface area contributed by atoms with Crippen molar-refractivity contribution < 1.29 is 18.0 Å². The predicted octanol–water partition coefficient (Wildman–Crippen LogP) is 7.45. The number of fused-ring (bicyclic) bond motifs is 1. The van der Waals surface area contributed by atoms with Gasteiger partial charge in [-0.2, -0.15) is 13.2 Å². The number of carbonyl (C=O) groups is 1. The molecule has 2 heterocycles. The first-order valence-corrected chi connectivity index (χ1v) is 12.5. The van der Waals surface area contributed by atoms with Crippen LogP contribution in [0.5, 0.6) is 0 Å². The second-order valence-electron chi connectivity index (χ2n) is 7.64. The summed E-state index contributed by atoms with van der Waals surface area (Å²) in [5.74, 6) is -0.373. The first kappa shape index (κ1) is 24.2. The van der Waals surface area contributed by atoms with E-state index in [9.17, 15) is 18.0 Å². The first-order valence-electron chi connectivity index (χ1n) is 10.8. The van der Waals surface area contributed by atoms with E-state index in [2.05, 4.69) is 46.5 Å². The number of aromatic nitrogens is 2. The monoisotopic (exact) mass is 501 g/mol. The molecule has 0 saturated carbocycles. The maximum Gasteiger partial charge on any atom is 0.416 e. The zero-order valence-corrected chi connectivity index (χ0v) is 20.2. The van der Waals surface area contributed by atoms with Crippen LogP contribution < -0.4 is 5.32 Å². The van der Waals surface area contributed by atoms with Gasteiger partial charge in [0.2, 0.25) is 5.91 Å². The van der Waals surface area contributed by atoms with Gasteiger partial charge in [0, 0.05) is 16.6 Å². The number of amides is 1. The van der Waals surface area contributed by atoms with Crippen molar-refractivity contribution in [1.82, 2.24) is 9.97 Å². The molecular formula is C25H22F3N3OS2. The molecule has 0 aliphatic rings. The Morgan fingerprint density at radius 3 is 2.56 bits per heavy atom. The molecule has 1 amide bonds. The van der Waals surface area contributed by atoms with Crippen LogP contribution in [0.4, 0.5) is 18.9 Å². The van der Waals surface area contributed by atoms with Crippen LogP contribution in [-0.2, 0) is 17.4 Å². The number of nitrogens with zero attached hydrogens (tertiary/aromatic N) is 2. The summed E-state index contributed by atoms with van der Waals surface area (Å²) in [7, 11) is 0. The summed E-state index contributed by atoms with van der Waals surface area (Å²) < 4.78 is 39.1. The van der Waals surface area contributed by atoms with Crippen molar-refractivity contribution >= 4 is 44.9 Å². The Morgan fingerprint density at radius 2 is 1.88 bits per heavy atom. The molecule has 0 radical (unpaired) electrons. The van der Waals surface area contributed by atoms with E-state index in [1.165, 1.54) is 47.1 Å². The quantitative estimate of drug-likeness (QED) is 0.211. The second-order valence-corrected chi connectivity index (χ2v) is 9.69. The number of thiophene rings is 1. The minimum Gasteiger partial charge on any atom is -0.325 e. The Hall–Kier alpha value is -2.91. The van der Waals surface area contributed by atoms with Gasteiger partial charge in [-0.3, -0.25) is 4.79 Å². The molecule has 4 rings (SSSR count). The highest BCUT2D eigenvalue weighted by atomic mass is 32.2. The average Bonchev–Trinajstić information content (AvgIpc) is 3.27. The Balaban J connectivity index is 1.60. The van der Waals surface area contributed by atoms with E-state index >= 15 is 0 Å². The topological polar surface area (TPSA) is 54.9 Å². The summed E-state index contributed by atoms with van der Waals surface area (Å²) in [6, 6.07) is 13.0. The largest absolute Gasteiger partial charge is 0.416 e. The number of aryl methyl sites for hydroxylation is 1. The van der Waals surface area contributed by atoms with Crippen molar-refractivity contribution in [2.24, 2.45) is 0 Å². The van der Waals surface area contributed by atoms with Gasteiger partial charge in [0.1, 0.15) is 16.2 Å². The molecule has 9 heteroatoms. The van der Waals surface area contributed by atoms with E-state index in [1.807, 2.05) is 12.3 Å². The molecule has 34 heavy (non-hydrogen) atoms. The summed E-state index contributed by atoms with van der Waals surface area (Å²) in [6.07, 6.45) is -1.57. The lowest BCUT2D eigenvalue weighted by Crippen LogP contribution is -2.25. The lowest BCUT2D eigenvalue weighted by molar-refractivity contribution is -0.137. The maximum absolute atomic E-state index is 13.0. The van der Waals surface area contributed by atoms with Gasteiger partial charge in [0.25, 0.3) is 0 Å². The van der Waals surface area contributed by atoms with Crippen molar-refractivity contribution in [2.45, 2.75) is 43.1 Å². The maximum atomic E-state index is 13.0. The van der Waals surface area contributed by atoms with Crippen LogP contribution in [0.15, 0.2) is 65.3 Å². The van der Waals surface area contributed by atoms with Gasteiger partial charge in [-0.1, -0.05) is 55.9 Å². The smallest absolute Gasteiger partial charge is 0.325 e. The molecule has 0 saturated heterocycles. The Labute approximate surface area is 203 Å². The molecule has 0 aliphatic heterocycles. The van der Waals surface area contributed by atoms with Gasteiger partial charge >= 0.3 is 6.18 Å². The summed E-state index contributed by atoms with van der Waals surface area (Å²) in [5.41, 5.74) is 2.59. The van der Waals surface area contributed by atoms with E-state index in [0.29, 0.717) is 11.4 Å². The number of benzene rings is 2. The zero-order chi connectivity index (χ0) is 24.3. The molecule has 2 aromatic heterocycles. The lowest BCUT2D eigenvalue weighted by atomic mass is 10.0. The van der Waals surface area contributed by atoms with Crippen LogP contribution in [-0.4, -0.2) is 21.1 Å². The summed E-state index contributed by atoms with van der Waals surface area (Å²) in [6.45, 7) is 3.96. The van der Waals surface area contributed by atoms with E-state index in [-0.39, 0.29) is 11.6 Å². The van der Waals surface area contributed by atoms with Gasteiger partial charge in [0.05, 0.1) is 16.2 Å². The molecule has 0 spiro atoms. The average molecular weight is 502 g/mol. The molecule has 0 fully saturated rings. The Bertz CT molecular complexity index is 1300. The second kappa shape index (κ2) is 10.1. The van der Waals surface area contributed by atoms with Crippen LogP contribution in [0.1, 0.15) is 31.4 Å². The SMILES string of the molecule is CCc1ccc(-c2csc3ncnc(SC(CC)C(=O)Nc4cccc(C(F)(F)F)c4)c23)cc1. The van der Waals surface area contributed by atoms with Gasteiger partial charge in [-0.05, 0) is 42.2 Å². The van der Waals surface area contributed by atoms with Crippen LogP contribution >= 0.6 is 23.1 Å². The molecule has 1 unspecified atom stereocenters. The summed E-state index contributed by atoms with van der Waals surface area (Å²) in [4.78, 5) is 22.6. The van der Waals surface area contributed by atoms with Gasteiger partial charge in [-0.15, -0.1) is 11.3 Å². The van der Waals surface area contributed by atoms with Gasteiger partial charge < -0.3 is 5.32 Å². The molecule has 176 valence electrons. The molecule has 0 aliphatic carbocycles. The fraction of sp³-hybridized carbons (Fsp3) is 0.240. The molecule has 1 atom stereocenters. The fourth-order valence-electron chi connectivity index (χ4n) is 3.52. The van der Waals surface area contributed by atoms with Crippen LogP contribution in [0, 0.1) is 0 Å². The third-order valence-electron chi connectivity index (χ3n) is 5.38. The highest BCUT2D eigenvalue weighted by Crippen LogP contribution is 2.40. The number of rotatable bonds is 7. The number of halogens is 3. The first-order chi connectivity index (χ1) is 16.3. The van der Waals surface area contributed by atoms with Gasteiger partial charge in [0.15, 0.2) is 0 Å². The third kappa shape index (κ3) is 5.26. The predicted molar refractivity (Wildman–Crippen MR) is 132 cm³/mol. The third-order valence-corrected chi connectivity index (χ3v) is 7.63. The summed E-state index contributed by atoms with van der Waals surface area (Å²) in [5, 5.41) is 5.68. The van der Waals surface area contributed by atoms with Crippen molar-refractivity contribution in [3.63, 3.8) is 0 Å².